The lowest BCUT2D eigenvalue weighted by molar-refractivity contribution is -0.357. The molecule has 0 aromatic carbocycles. The Labute approximate surface area is 137 Å². The average Bonchev–Trinajstić information content (AvgIpc) is 2.59. The van der Waals surface area contributed by atoms with Gasteiger partial charge in [-0.3, -0.25) is 0 Å². The second-order valence-corrected chi connectivity index (χ2v) is 5.74. The molecule has 0 radical (unpaired) electrons. The Balaban J connectivity index is 2.12. The van der Waals surface area contributed by atoms with E-state index in [1.54, 1.807) is 0 Å². The second-order valence-electron chi connectivity index (χ2n) is 5.74. The average molecular weight is 356 g/mol. The fourth-order valence-electron chi connectivity index (χ4n) is 2.75. The molecule has 0 unspecified atom stereocenters. The summed E-state index contributed by atoms with van der Waals surface area (Å²) >= 11 is 0. The summed E-state index contributed by atoms with van der Waals surface area (Å²) < 4.78 is 20.6. The third-order valence-electron chi connectivity index (χ3n) is 4.19. The topological polar surface area (TPSA) is 179 Å². The van der Waals surface area contributed by atoms with Crippen LogP contribution in [0.2, 0.25) is 0 Å². The van der Waals surface area contributed by atoms with Crippen molar-refractivity contribution >= 4 is 0 Å². The van der Waals surface area contributed by atoms with E-state index in [-0.39, 0.29) is 0 Å². The Morgan fingerprint density at radius 3 is 1.79 bits per heavy atom. The van der Waals surface area contributed by atoms with Crippen LogP contribution in [0.3, 0.4) is 0 Å². The van der Waals surface area contributed by atoms with Crippen LogP contribution < -0.4 is 0 Å². The minimum absolute atomic E-state index is 0.592. The molecule has 2 saturated heterocycles. The van der Waals surface area contributed by atoms with Crippen LogP contribution in [0.15, 0.2) is 0 Å². The number of aliphatic hydroxyl groups excluding tert-OH is 7. The van der Waals surface area contributed by atoms with Crippen molar-refractivity contribution in [3.8, 4) is 0 Å². The van der Waals surface area contributed by atoms with Gasteiger partial charge < -0.3 is 54.7 Å². The molecule has 0 amide bonds. The number of hydrogen-bond donors (Lipinski definition) is 7. The van der Waals surface area contributed by atoms with Gasteiger partial charge in [0.05, 0.1) is 13.2 Å². The SMILES string of the molecule is CO[C@H]1O[C@H](CO)[C@@H](O[C@@H]2O[C@H](CO)[C@@H](O)[C@H](O)[C@@H]2O)[C@H](O)[C@@H]1O. The summed E-state index contributed by atoms with van der Waals surface area (Å²) in [6.07, 6.45) is -14.3. The van der Waals surface area contributed by atoms with Crippen molar-refractivity contribution < 1.29 is 54.7 Å². The monoisotopic (exact) mass is 356 g/mol. The number of aliphatic hydroxyl groups is 7. The standard InChI is InChI=1S/C13H24O11/c1-21-12-10(20)8(18)11(5(3-15)23-12)24-13-9(19)7(17)6(16)4(2-14)22-13/h4-20H,2-3H2,1H3/t4-,5-,6-,7+,8-,9+,10+,11-,12+,13+/m1/s1. The molecule has 0 saturated carbocycles. The molecule has 2 fully saturated rings. The lowest BCUT2D eigenvalue weighted by atomic mass is 9.97. The van der Waals surface area contributed by atoms with Gasteiger partial charge in [-0.15, -0.1) is 0 Å². The van der Waals surface area contributed by atoms with E-state index < -0.39 is 74.6 Å². The first-order valence-corrected chi connectivity index (χ1v) is 7.46. The third-order valence-corrected chi connectivity index (χ3v) is 4.19. The van der Waals surface area contributed by atoms with Crippen LogP contribution in [-0.4, -0.2) is 117 Å². The van der Waals surface area contributed by atoms with Crippen molar-refractivity contribution in [3.05, 3.63) is 0 Å². The fourth-order valence-corrected chi connectivity index (χ4v) is 2.75. The molecule has 11 nitrogen and oxygen atoms in total. The molecule has 2 rings (SSSR count). The molecular weight excluding hydrogens is 332 g/mol. The zero-order valence-corrected chi connectivity index (χ0v) is 13.0. The van der Waals surface area contributed by atoms with E-state index >= 15 is 0 Å². The normalized spacial score (nSPS) is 50.0. The molecule has 2 heterocycles. The predicted octanol–water partition coefficient (Wildman–Crippen LogP) is -4.74. The smallest absolute Gasteiger partial charge is 0.187 e. The van der Waals surface area contributed by atoms with Crippen LogP contribution in [0, 0.1) is 0 Å². The van der Waals surface area contributed by atoms with Gasteiger partial charge >= 0.3 is 0 Å². The molecule has 0 aliphatic carbocycles. The van der Waals surface area contributed by atoms with Gasteiger partial charge in [-0.05, 0) is 0 Å². The summed E-state index contributed by atoms with van der Waals surface area (Å²) in [7, 11) is 1.24. The van der Waals surface area contributed by atoms with Crippen LogP contribution in [-0.2, 0) is 18.9 Å². The van der Waals surface area contributed by atoms with Crippen LogP contribution in [0.4, 0.5) is 0 Å². The molecule has 0 bridgehead atoms. The highest BCUT2D eigenvalue weighted by Crippen LogP contribution is 2.29. The molecule has 0 aromatic rings. The van der Waals surface area contributed by atoms with Crippen LogP contribution >= 0.6 is 0 Å². The molecule has 11 heteroatoms. The van der Waals surface area contributed by atoms with Crippen LogP contribution in [0.1, 0.15) is 0 Å². The number of methoxy groups -OCH3 is 1. The summed E-state index contributed by atoms with van der Waals surface area (Å²) in [5.74, 6) is 0. The molecule has 2 aliphatic rings. The van der Waals surface area contributed by atoms with Gasteiger partial charge in [0.1, 0.15) is 48.8 Å². The van der Waals surface area contributed by atoms with Crippen LogP contribution in [0.25, 0.3) is 0 Å². The Morgan fingerprint density at radius 2 is 1.25 bits per heavy atom. The van der Waals surface area contributed by atoms with E-state index in [0.29, 0.717) is 0 Å². The molecule has 7 N–H and O–H groups in total. The first-order valence-electron chi connectivity index (χ1n) is 7.46. The van der Waals surface area contributed by atoms with Gasteiger partial charge in [-0.25, -0.2) is 0 Å². The Hall–Kier alpha value is -0.440. The van der Waals surface area contributed by atoms with Crippen molar-refractivity contribution in [2.45, 2.75) is 61.4 Å². The minimum atomic E-state index is -1.69. The van der Waals surface area contributed by atoms with Gasteiger partial charge in [0.2, 0.25) is 0 Å². The minimum Gasteiger partial charge on any atom is -0.394 e. The van der Waals surface area contributed by atoms with Gasteiger partial charge in [-0.1, -0.05) is 0 Å². The fraction of sp³-hybridized carbons (Fsp3) is 1.00. The third kappa shape index (κ3) is 3.71. The largest absolute Gasteiger partial charge is 0.394 e. The Kier molecular flexibility index (Phi) is 6.87. The maximum atomic E-state index is 10.2. The molecule has 24 heavy (non-hydrogen) atoms. The van der Waals surface area contributed by atoms with Gasteiger partial charge in [0.25, 0.3) is 0 Å². The van der Waals surface area contributed by atoms with Crippen molar-refractivity contribution in [2.24, 2.45) is 0 Å². The van der Waals surface area contributed by atoms with Crippen molar-refractivity contribution in [3.63, 3.8) is 0 Å². The second kappa shape index (κ2) is 8.29. The van der Waals surface area contributed by atoms with E-state index in [4.69, 9.17) is 24.1 Å². The molecule has 10 atom stereocenters. The summed E-state index contributed by atoms with van der Waals surface area (Å²) in [5, 5.41) is 68.0. The summed E-state index contributed by atoms with van der Waals surface area (Å²) in [6.45, 7) is -1.24. The molecule has 0 spiro atoms. The summed E-state index contributed by atoms with van der Waals surface area (Å²) in [6, 6.07) is 0. The lowest BCUT2D eigenvalue weighted by Gasteiger charge is -2.45. The van der Waals surface area contributed by atoms with Crippen molar-refractivity contribution in [1.82, 2.24) is 0 Å². The highest BCUT2D eigenvalue weighted by Gasteiger charge is 2.50. The van der Waals surface area contributed by atoms with E-state index in [9.17, 15) is 30.6 Å². The molecule has 142 valence electrons. The summed E-state index contributed by atoms with van der Waals surface area (Å²) in [4.78, 5) is 0. The van der Waals surface area contributed by atoms with Gasteiger partial charge in [-0.2, -0.15) is 0 Å². The van der Waals surface area contributed by atoms with Crippen molar-refractivity contribution in [2.75, 3.05) is 20.3 Å². The zero-order chi connectivity index (χ0) is 18.0. The van der Waals surface area contributed by atoms with E-state index in [1.165, 1.54) is 7.11 Å². The quantitative estimate of drug-likeness (QED) is 0.251. The van der Waals surface area contributed by atoms with Gasteiger partial charge in [0, 0.05) is 7.11 Å². The van der Waals surface area contributed by atoms with Crippen LogP contribution in [0.5, 0.6) is 0 Å². The highest BCUT2D eigenvalue weighted by atomic mass is 16.7. The van der Waals surface area contributed by atoms with E-state index in [2.05, 4.69) is 0 Å². The maximum absolute atomic E-state index is 10.2. The Bertz CT molecular complexity index is 392. The lowest BCUT2D eigenvalue weighted by Crippen LogP contribution is -2.64. The summed E-state index contributed by atoms with van der Waals surface area (Å²) in [5.41, 5.74) is 0. The number of hydrogen-bond acceptors (Lipinski definition) is 11. The molecule has 2 aliphatic heterocycles. The Morgan fingerprint density at radius 1 is 0.708 bits per heavy atom. The van der Waals surface area contributed by atoms with Gasteiger partial charge in [0.15, 0.2) is 12.6 Å². The maximum Gasteiger partial charge on any atom is 0.187 e. The predicted molar refractivity (Wildman–Crippen MR) is 73.4 cm³/mol. The molecular formula is C13H24O11. The zero-order valence-electron chi connectivity index (χ0n) is 13.0. The number of ether oxygens (including phenoxy) is 4. The highest BCUT2D eigenvalue weighted by molar-refractivity contribution is 4.93. The molecule has 0 aromatic heterocycles. The first kappa shape index (κ1) is 19.9. The first-order chi connectivity index (χ1) is 11.3. The van der Waals surface area contributed by atoms with E-state index in [0.717, 1.165) is 0 Å². The van der Waals surface area contributed by atoms with E-state index in [1.807, 2.05) is 0 Å². The number of rotatable bonds is 5. The van der Waals surface area contributed by atoms with Crippen molar-refractivity contribution in [1.29, 1.82) is 0 Å².